The van der Waals surface area contributed by atoms with Gasteiger partial charge in [0.05, 0.1) is 5.75 Å². The lowest BCUT2D eigenvalue weighted by molar-refractivity contribution is -0.640. The second-order valence-corrected chi connectivity index (χ2v) is 5.79. The van der Waals surface area contributed by atoms with Crippen LogP contribution in [-0.2, 0) is 0 Å². The SMILES string of the molecule is Cc1cc[n+](NC(=O)SCC(=O)c2ccc(Cl)cc2)cc1. The van der Waals surface area contributed by atoms with Crippen LogP contribution in [0.4, 0.5) is 4.79 Å². The van der Waals surface area contributed by atoms with Crippen molar-refractivity contribution in [3.8, 4) is 0 Å². The molecule has 1 heterocycles. The Morgan fingerprint density at radius 1 is 1.14 bits per heavy atom. The maximum absolute atomic E-state index is 11.9. The molecule has 0 radical (unpaired) electrons. The fraction of sp³-hybridized carbons (Fsp3) is 0.133. The van der Waals surface area contributed by atoms with Crippen molar-refractivity contribution in [2.24, 2.45) is 0 Å². The second-order valence-electron chi connectivity index (χ2n) is 4.40. The molecule has 0 saturated carbocycles. The molecular formula is C15H14ClN2O2S+. The third-order valence-corrected chi connectivity index (χ3v) is 3.73. The van der Waals surface area contributed by atoms with E-state index in [1.807, 2.05) is 19.1 Å². The number of nitrogens with zero attached hydrogens (tertiary/aromatic N) is 1. The highest BCUT2D eigenvalue weighted by Crippen LogP contribution is 2.12. The molecule has 2 rings (SSSR count). The zero-order valence-corrected chi connectivity index (χ0v) is 12.9. The van der Waals surface area contributed by atoms with Gasteiger partial charge < -0.3 is 0 Å². The zero-order chi connectivity index (χ0) is 15.2. The van der Waals surface area contributed by atoms with Crippen LogP contribution in [-0.4, -0.2) is 16.8 Å². The molecular weight excluding hydrogens is 308 g/mol. The highest BCUT2D eigenvalue weighted by molar-refractivity contribution is 8.14. The predicted octanol–water partition coefficient (Wildman–Crippen LogP) is 3.22. The van der Waals surface area contributed by atoms with E-state index in [-0.39, 0.29) is 16.8 Å². The van der Waals surface area contributed by atoms with Gasteiger partial charge in [0.2, 0.25) is 0 Å². The lowest BCUT2D eigenvalue weighted by Gasteiger charge is -2.01. The van der Waals surface area contributed by atoms with Crippen LogP contribution >= 0.6 is 23.4 Å². The molecule has 1 N–H and O–H groups in total. The average molecular weight is 322 g/mol. The van der Waals surface area contributed by atoms with Crippen molar-refractivity contribution < 1.29 is 14.3 Å². The predicted molar refractivity (Wildman–Crippen MR) is 84.4 cm³/mol. The Labute approximate surface area is 132 Å². The van der Waals surface area contributed by atoms with Gasteiger partial charge in [-0.2, -0.15) is 0 Å². The van der Waals surface area contributed by atoms with E-state index in [0.717, 1.165) is 17.3 Å². The van der Waals surface area contributed by atoms with Gasteiger partial charge >= 0.3 is 5.24 Å². The number of aryl methyl sites for hydroxylation is 1. The molecule has 0 aliphatic heterocycles. The number of pyridine rings is 1. The maximum atomic E-state index is 11.9. The molecule has 6 heteroatoms. The summed E-state index contributed by atoms with van der Waals surface area (Å²) >= 11 is 6.69. The summed E-state index contributed by atoms with van der Waals surface area (Å²) in [6.07, 6.45) is 3.49. The number of aromatic nitrogens is 1. The Bertz CT molecular complexity index is 642. The van der Waals surface area contributed by atoms with Crippen LogP contribution in [0.25, 0.3) is 0 Å². The number of halogens is 1. The standard InChI is InChI=1S/C15H13ClN2O2S/c1-11-6-8-18(9-7-11)17-15(20)21-10-14(19)12-2-4-13(16)5-3-12/h2-9H,10H2,1H3/p+1. The summed E-state index contributed by atoms with van der Waals surface area (Å²) in [5, 5.41) is 0.291. The summed E-state index contributed by atoms with van der Waals surface area (Å²) < 4.78 is 1.55. The molecule has 4 nitrogen and oxygen atoms in total. The van der Waals surface area contributed by atoms with E-state index in [4.69, 9.17) is 11.6 Å². The quantitative estimate of drug-likeness (QED) is 0.695. The number of carbonyl (C=O) groups is 2. The van der Waals surface area contributed by atoms with Gasteiger partial charge in [0.15, 0.2) is 18.2 Å². The number of carbonyl (C=O) groups excluding carboxylic acids is 2. The summed E-state index contributed by atoms with van der Waals surface area (Å²) in [4.78, 5) is 23.7. The molecule has 0 bridgehead atoms. The minimum Gasteiger partial charge on any atom is -0.293 e. The van der Waals surface area contributed by atoms with E-state index >= 15 is 0 Å². The van der Waals surface area contributed by atoms with E-state index < -0.39 is 0 Å². The number of hydrogen-bond acceptors (Lipinski definition) is 3. The minimum absolute atomic E-state index is 0.0832. The van der Waals surface area contributed by atoms with Crippen molar-refractivity contribution in [2.75, 3.05) is 11.2 Å². The lowest BCUT2D eigenvalue weighted by atomic mass is 10.1. The Balaban J connectivity index is 1.84. The zero-order valence-electron chi connectivity index (χ0n) is 11.4. The topological polar surface area (TPSA) is 50.1 Å². The van der Waals surface area contributed by atoms with Gasteiger partial charge in [0, 0.05) is 22.7 Å². The van der Waals surface area contributed by atoms with Crippen LogP contribution < -0.4 is 10.1 Å². The van der Waals surface area contributed by atoms with E-state index in [1.165, 1.54) is 0 Å². The van der Waals surface area contributed by atoms with Crippen LogP contribution in [0.1, 0.15) is 15.9 Å². The van der Waals surface area contributed by atoms with Crippen LogP contribution in [0.5, 0.6) is 0 Å². The number of nitrogens with one attached hydrogen (secondary N) is 1. The fourth-order valence-corrected chi connectivity index (χ4v) is 2.29. The first-order chi connectivity index (χ1) is 10.0. The molecule has 108 valence electrons. The molecule has 0 aliphatic carbocycles. The van der Waals surface area contributed by atoms with Crippen molar-refractivity contribution in [2.45, 2.75) is 6.92 Å². The van der Waals surface area contributed by atoms with Crippen molar-refractivity contribution in [3.63, 3.8) is 0 Å². The van der Waals surface area contributed by atoms with Crippen molar-refractivity contribution in [1.29, 1.82) is 0 Å². The van der Waals surface area contributed by atoms with Gasteiger partial charge in [-0.3, -0.25) is 9.59 Å². The molecule has 0 aliphatic rings. The van der Waals surface area contributed by atoms with Crippen molar-refractivity contribution in [3.05, 3.63) is 64.9 Å². The largest absolute Gasteiger partial charge is 0.333 e. The van der Waals surface area contributed by atoms with Gasteiger partial charge in [-0.25, -0.2) is 0 Å². The van der Waals surface area contributed by atoms with Crippen LogP contribution in [0, 0.1) is 6.92 Å². The molecule has 1 aromatic heterocycles. The first-order valence-corrected chi connectivity index (χ1v) is 7.61. The van der Waals surface area contributed by atoms with Gasteiger partial charge in [0.1, 0.15) is 0 Å². The first-order valence-electron chi connectivity index (χ1n) is 6.25. The number of rotatable bonds is 4. The molecule has 1 aromatic carbocycles. The van der Waals surface area contributed by atoms with Crippen LogP contribution in [0.15, 0.2) is 48.8 Å². The normalized spacial score (nSPS) is 10.2. The first kappa shape index (κ1) is 15.5. The summed E-state index contributed by atoms with van der Waals surface area (Å²) in [6, 6.07) is 10.4. The van der Waals surface area contributed by atoms with E-state index in [0.29, 0.717) is 10.6 Å². The third-order valence-electron chi connectivity index (χ3n) is 2.72. The molecule has 0 fully saturated rings. The number of benzene rings is 1. The Hall–Kier alpha value is -1.85. The number of amides is 1. The highest BCUT2D eigenvalue weighted by atomic mass is 35.5. The molecule has 21 heavy (non-hydrogen) atoms. The van der Waals surface area contributed by atoms with Gasteiger partial charge in [-0.1, -0.05) is 28.0 Å². The summed E-state index contributed by atoms with van der Waals surface area (Å²) in [6.45, 7) is 1.96. The number of thioether (sulfide) groups is 1. The summed E-state index contributed by atoms with van der Waals surface area (Å²) in [5.74, 6) is -0.0272. The van der Waals surface area contributed by atoms with Crippen LogP contribution in [0.3, 0.4) is 0 Å². The van der Waals surface area contributed by atoms with Gasteiger partial charge in [0.25, 0.3) is 0 Å². The van der Waals surface area contributed by atoms with Crippen molar-refractivity contribution >= 4 is 34.4 Å². The molecule has 0 unspecified atom stereocenters. The number of Topliss-reactive ketones (excluding diaryl/α,β-unsaturated/α-hetero) is 1. The molecule has 2 aromatic rings. The average Bonchev–Trinajstić information content (AvgIpc) is 2.48. The summed E-state index contributed by atoms with van der Waals surface area (Å²) in [5.41, 5.74) is 4.30. The molecule has 0 spiro atoms. The maximum Gasteiger partial charge on any atom is 0.333 e. The minimum atomic E-state index is -0.286. The lowest BCUT2D eigenvalue weighted by Crippen LogP contribution is -2.46. The third kappa shape index (κ3) is 4.88. The van der Waals surface area contributed by atoms with Gasteiger partial charge in [-0.05, 0) is 36.8 Å². The van der Waals surface area contributed by atoms with E-state index in [2.05, 4.69) is 5.43 Å². The summed E-state index contributed by atoms with van der Waals surface area (Å²) in [7, 11) is 0. The number of hydrogen-bond donors (Lipinski definition) is 1. The number of ketones is 1. The van der Waals surface area contributed by atoms with E-state index in [1.54, 1.807) is 41.3 Å². The van der Waals surface area contributed by atoms with Gasteiger partial charge in [-0.15, -0.1) is 5.43 Å². The Kier molecular flexibility index (Phi) is 5.36. The Morgan fingerprint density at radius 3 is 2.38 bits per heavy atom. The van der Waals surface area contributed by atoms with E-state index in [9.17, 15) is 9.59 Å². The van der Waals surface area contributed by atoms with Crippen LogP contribution in [0.2, 0.25) is 5.02 Å². The molecule has 1 amide bonds. The monoisotopic (exact) mass is 321 g/mol. The smallest absolute Gasteiger partial charge is 0.293 e. The second kappa shape index (κ2) is 7.24. The van der Waals surface area contributed by atoms with Crippen molar-refractivity contribution in [1.82, 2.24) is 0 Å². The molecule has 0 atom stereocenters. The molecule has 0 saturated heterocycles. The highest BCUT2D eigenvalue weighted by Gasteiger charge is 2.12. The fourth-order valence-electron chi connectivity index (χ4n) is 1.56. The Morgan fingerprint density at radius 2 is 1.76 bits per heavy atom.